The lowest BCUT2D eigenvalue weighted by Crippen LogP contribution is -2.51. The highest BCUT2D eigenvalue weighted by atomic mass is 16.5. The molecule has 7 nitrogen and oxygen atoms in total. The van der Waals surface area contributed by atoms with E-state index < -0.39 is 6.10 Å². The second kappa shape index (κ2) is 11.5. The van der Waals surface area contributed by atoms with Crippen molar-refractivity contribution in [2.24, 2.45) is 0 Å². The van der Waals surface area contributed by atoms with Gasteiger partial charge >= 0.3 is 0 Å². The van der Waals surface area contributed by atoms with Crippen molar-refractivity contribution >= 4 is 5.91 Å². The summed E-state index contributed by atoms with van der Waals surface area (Å²) < 4.78 is 11.1. The minimum atomic E-state index is -0.563. The third kappa shape index (κ3) is 6.95. The number of rotatable bonds is 9. The molecule has 2 aliphatic carbocycles. The Morgan fingerprint density at radius 2 is 1.74 bits per heavy atom. The summed E-state index contributed by atoms with van der Waals surface area (Å²) in [5.74, 6) is 1.51. The number of carbonyl (C=O) groups is 1. The first-order valence-corrected chi connectivity index (χ1v) is 11.3. The first-order chi connectivity index (χ1) is 15.0. The van der Waals surface area contributed by atoms with Gasteiger partial charge in [0.05, 0.1) is 13.7 Å². The van der Waals surface area contributed by atoms with Crippen LogP contribution < -0.4 is 5.32 Å². The van der Waals surface area contributed by atoms with Gasteiger partial charge in [-0.2, -0.15) is 0 Å². The van der Waals surface area contributed by atoms with Gasteiger partial charge in [-0.1, -0.05) is 6.08 Å². The van der Waals surface area contributed by atoms with E-state index in [1.807, 2.05) is 12.2 Å². The van der Waals surface area contributed by atoms with Gasteiger partial charge in [-0.25, -0.2) is 0 Å². The van der Waals surface area contributed by atoms with Crippen molar-refractivity contribution in [2.75, 3.05) is 53.0 Å². The Bertz CT molecular complexity index is 761. The predicted molar refractivity (Wildman–Crippen MR) is 121 cm³/mol. The van der Waals surface area contributed by atoms with E-state index >= 15 is 0 Å². The molecule has 0 spiro atoms. The summed E-state index contributed by atoms with van der Waals surface area (Å²) in [6.07, 6.45) is 9.60. The average molecular weight is 432 g/mol. The third-order valence-electron chi connectivity index (χ3n) is 6.08. The Hall–Kier alpha value is -2.09. The molecule has 1 fully saturated rings. The monoisotopic (exact) mass is 431 g/mol. The highest BCUT2D eigenvalue weighted by Gasteiger charge is 2.22. The van der Waals surface area contributed by atoms with Crippen molar-refractivity contribution in [3.05, 3.63) is 46.6 Å². The summed E-state index contributed by atoms with van der Waals surface area (Å²) in [6.45, 7) is 8.66. The van der Waals surface area contributed by atoms with Gasteiger partial charge in [0.1, 0.15) is 12.7 Å². The van der Waals surface area contributed by atoms with Crippen LogP contribution in [0.4, 0.5) is 0 Å². The van der Waals surface area contributed by atoms with Crippen LogP contribution in [-0.4, -0.2) is 79.9 Å². The topological polar surface area (TPSA) is 74.3 Å². The molecule has 1 amide bonds. The van der Waals surface area contributed by atoms with Gasteiger partial charge < -0.3 is 19.9 Å². The Morgan fingerprint density at radius 1 is 1.06 bits per heavy atom. The minimum absolute atomic E-state index is 0.0497. The van der Waals surface area contributed by atoms with Crippen LogP contribution in [0, 0.1) is 0 Å². The van der Waals surface area contributed by atoms with Crippen LogP contribution in [0.1, 0.15) is 39.5 Å². The zero-order valence-corrected chi connectivity index (χ0v) is 19.2. The SMILES string of the molecule is COC1=CCCC=C1OCC(O)CN1CCN(CC(=O)NC2=C(C)CCC=C2C)CC1. The molecule has 3 rings (SSSR count). The van der Waals surface area contributed by atoms with Gasteiger partial charge in [0.15, 0.2) is 11.5 Å². The van der Waals surface area contributed by atoms with Gasteiger partial charge in [0.25, 0.3) is 0 Å². The maximum absolute atomic E-state index is 12.5. The molecule has 0 aromatic heterocycles. The van der Waals surface area contributed by atoms with Crippen LogP contribution in [-0.2, 0) is 14.3 Å². The Balaban J connectivity index is 1.36. The zero-order chi connectivity index (χ0) is 22.2. The summed E-state index contributed by atoms with van der Waals surface area (Å²) in [7, 11) is 1.63. The second-order valence-corrected chi connectivity index (χ2v) is 8.59. The number of allylic oxidation sites excluding steroid dienone is 5. The molecule has 1 heterocycles. The molecule has 2 N–H and O–H groups in total. The van der Waals surface area contributed by atoms with E-state index in [2.05, 4.69) is 35.0 Å². The third-order valence-corrected chi connectivity index (χ3v) is 6.08. The molecule has 1 unspecified atom stereocenters. The first kappa shape index (κ1) is 23.6. The molecular formula is C24H37N3O4. The Kier molecular flexibility index (Phi) is 8.75. The van der Waals surface area contributed by atoms with Crippen molar-refractivity contribution < 1.29 is 19.4 Å². The molecule has 3 aliphatic rings. The maximum atomic E-state index is 12.5. The van der Waals surface area contributed by atoms with Crippen LogP contribution in [0.5, 0.6) is 0 Å². The fraction of sp³-hybridized carbons (Fsp3) is 0.625. The van der Waals surface area contributed by atoms with Crippen LogP contribution in [0.15, 0.2) is 46.6 Å². The summed E-state index contributed by atoms with van der Waals surface area (Å²) in [4.78, 5) is 16.9. The van der Waals surface area contributed by atoms with Crippen LogP contribution >= 0.6 is 0 Å². The molecule has 0 aromatic rings. The zero-order valence-electron chi connectivity index (χ0n) is 19.2. The minimum Gasteiger partial charge on any atom is -0.493 e. The van der Waals surface area contributed by atoms with Crippen molar-refractivity contribution in [1.29, 1.82) is 0 Å². The van der Waals surface area contributed by atoms with Crippen molar-refractivity contribution in [3.63, 3.8) is 0 Å². The fourth-order valence-corrected chi connectivity index (χ4v) is 4.27. The number of aliphatic hydroxyl groups is 1. The first-order valence-electron chi connectivity index (χ1n) is 11.3. The van der Waals surface area contributed by atoms with E-state index in [0.717, 1.165) is 74.7 Å². The lowest BCUT2D eigenvalue weighted by molar-refractivity contribution is -0.122. The van der Waals surface area contributed by atoms with Crippen LogP contribution in [0.3, 0.4) is 0 Å². The lowest BCUT2D eigenvalue weighted by atomic mass is 9.98. The van der Waals surface area contributed by atoms with Crippen LogP contribution in [0.25, 0.3) is 0 Å². The number of hydrogen-bond donors (Lipinski definition) is 2. The maximum Gasteiger partial charge on any atom is 0.238 e. The van der Waals surface area contributed by atoms with E-state index in [0.29, 0.717) is 13.1 Å². The summed E-state index contributed by atoms with van der Waals surface area (Å²) >= 11 is 0. The van der Waals surface area contributed by atoms with Crippen molar-refractivity contribution in [2.45, 2.75) is 45.6 Å². The number of carbonyl (C=O) groups excluding carboxylic acids is 1. The summed E-state index contributed by atoms with van der Waals surface area (Å²) in [5.41, 5.74) is 3.42. The number of aliphatic hydroxyl groups excluding tert-OH is 1. The van der Waals surface area contributed by atoms with Gasteiger partial charge in [-0.05, 0) is 62.8 Å². The Morgan fingerprint density at radius 3 is 2.42 bits per heavy atom. The number of hydrogen-bond acceptors (Lipinski definition) is 6. The Labute approximate surface area is 186 Å². The molecule has 0 saturated carbocycles. The normalized spacial score (nSPS) is 21.7. The number of ether oxygens (including phenoxy) is 2. The number of β-amino-alcohol motifs (C(OH)–C–C–N with tert-alkyl or cyclic N) is 1. The number of nitrogens with zero attached hydrogens (tertiary/aromatic N) is 2. The van der Waals surface area contributed by atoms with Gasteiger partial charge in [-0.15, -0.1) is 0 Å². The lowest BCUT2D eigenvalue weighted by Gasteiger charge is -2.35. The molecule has 0 radical (unpaired) electrons. The molecule has 1 saturated heterocycles. The fourth-order valence-electron chi connectivity index (χ4n) is 4.27. The molecule has 1 aliphatic heterocycles. The second-order valence-electron chi connectivity index (χ2n) is 8.59. The average Bonchev–Trinajstić information content (AvgIpc) is 2.76. The van der Waals surface area contributed by atoms with E-state index in [4.69, 9.17) is 9.47 Å². The number of methoxy groups -OCH3 is 1. The largest absolute Gasteiger partial charge is 0.493 e. The summed E-state index contributed by atoms with van der Waals surface area (Å²) in [6, 6.07) is 0. The highest BCUT2D eigenvalue weighted by molar-refractivity contribution is 5.81. The molecule has 1 atom stereocenters. The molecule has 172 valence electrons. The molecule has 0 bridgehead atoms. The molecular weight excluding hydrogens is 394 g/mol. The number of nitrogens with one attached hydrogen (secondary N) is 1. The van der Waals surface area contributed by atoms with Crippen molar-refractivity contribution in [3.8, 4) is 0 Å². The van der Waals surface area contributed by atoms with Gasteiger partial charge in [-0.3, -0.25) is 14.6 Å². The van der Waals surface area contributed by atoms with Crippen LogP contribution in [0.2, 0.25) is 0 Å². The van der Waals surface area contributed by atoms with E-state index in [1.165, 1.54) is 5.57 Å². The van der Waals surface area contributed by atoms with Gasteiger partial charge in [0, 0.05) is 38.4 Å². The summed E-state index contributed by atoms with van der Waals surface area (Å²) in [5, 5.41) is 13.5. The number of amides is 1. The van der Waals surface area contributed by atoms with E-state index in [1.54, 1.807) is 7.11 Å². The smallest absolute Gasteiger partial charge is 0.238 e. The predicted octanol–water partition coefficient (Wildman–Crippen LogP) is 2.32. The highest BCUT2D eigenvalue weighted by Crippen LogP contribution is 2.22. The molecule has 31 heavy (non-hydrogen) atoms. The standard InChI is InChI=1S/C24H37N3O4/c1-18-7-6-8-19(2)24(18)25-23(29)16-27-13-11-26(12-14-27)15-20(28)17-31-22-10-5-4-9-21(22)30-3/h7,9-10,20,28H,4-6,8,11-17H2,1-3H3,(H,25,29). The number of piperazine rings is 1. The van der Waals surface area contributed by atoms with E-state index in [9.17, 15) is 9.90 Å². The van der Waals surface area contributed by atoms with Gasteiger partial charge in [0.2, 0.25) is 5.91 Å². The van der Waals surface area contributed by atoms with E-state index in [-0.39, 0.29) is 12.5 Å². The molecule has 7 heteroatoms. The quantitative estimate of drug-likeness (QED) is 0.584. The molecule has 0 aromatic carbocycles. The van der Waals surface area contributed by atoms with Crippen molar-refractivity contribution in [1.82, 2.24) is 15.1 Å².